The van der Waals surface area contributed by atoms with Gasteiger partial charge >= 0.3 is 5.97 Å². The Kier molecular flexibility index (Phi) is 14.2. The highest BCUT2D eigenvalue weighted by atomic mass is 32.1. The zero-order valence-corrected chi connectivity index (χ0v) is 39.2. The molecule has 6 bridgehead atoms. The SMILES string of the molecule is C=CC(=O)N1CC[C@H](C(O)N2CCCCC[C@H]2C(=O)N[C@H]2Cc3nc(cs3)-c3ccc4c(c3)c(c(-c3cccnc3[C@H](C)OC)n4CC)CC(C)(C)COC(=O)[C@@H]3CCCN(N3)C2=O)C1. The van der Waals surface area contributed by atoms with Gasteiger partial charge in [0.05, 0.1) is 40.8 Å². The van der Waals surface area contributed by atoms with Gasteiger partial charge in [0, 0.05) is 91.2 Å². The number of fused-ring (bicyclic) bond motifs is 6. The number of carbonyl (C=O) groups excluding carboxylic acids is 4. The number of nitrogens with one attached hydrogen (secondary N) is 2. The van der Waals surface area contributed by atoms with E-state index in [1.54, 1.807) is 18.2 Å². The summed E-state index contributed by atoms with van der Waals surface area (Å²) < 4.78 is 14.3. The lowest BCUT2D eigenvalue weighted by molar-refractivity contribution is -0.155. The van der Waals surface area contributed by atoms with Crippen molar-refractivity contribution in [2.75, 3.05) is 39.9 Å². The van der Waals surface area contributed by atoms with Crippen LogP contribution in [0.3, 0.4) is 0 Å². The lowest BCUT2D eigenvalue weighted by atomic mass is 9.84. The number of amides is 3. The maximum absolute atomic E-state index is 14.7. The molecular formula is C49H64N8O7S. The molecule has 348 valence electrons. The summed E-state index contributed by atoms with van der Waals surface area (Å²) in [5.74, 6) is -1.56. The number of aliphatic hydroxyl groups excluding tert-OH is 1. The summed E-state index contributed by atoms with van der Waals surface area (Å²) in [7, 11) is 1.69. The van der Waals surface area contributed by atoms with Crippen molar-refractivity contribution in [1.82, 2.24) is 40.1 Å². The van der Waals surface area contributed by atoms with E-state index in [4.69, 9.17) is 19.4 Å². The van der Waals surface area contributed by atoms with Crippen molar-refractivity contribution in [3.8, 4) is 22.5 Å². The summed E-state index contributed by atoms with van der Waals surface area (Å²) in [6, 6.07) is 8.00. The molecule has 1 unspecified atom stereocenters. The van der Waals surface area contributed by atoms with Crippen molar-refractivity contribution in [3.05, 3.63) is 70.8 Å². The largest absolute Gasteiger partial charge is 0.464 e. The Balaban J connectivity index is 1.16. The van der Waals surface area contributed by atoms with Crippen molar-refractivity contribution in [2.24, 2.45) is 11.3 Å². The van der Waals surface area contributed by atoms with Crippen molar-refractivity contribution in [1.29, 1.82) is 0 Å². The van der Waals surface area contributed by atoms with Gasteiger partial charge in [0.2, 0.25) is 11.8 Å². The molecule has 0 saturated carbocycles. The lowest BCUT2D eigenvalue weighted by Gasteiger charge is -2.38. The Hall–Kier alpha value is -5.00. The molecule has 3 amide bonds. The number of aromatic nitrogens is 3. The number of hydrogen-bond donors (Lipinski definition) is 3. The Bertz CT molecular complexity index is 2410. The molecule has 0 radical (unpaired) electrons. The van der Waals surface area contributed by atoms with Crippen LogP contribution in [0.2, 0.25) is 0 Å². The van der Waals surface area contributed by atoms with Crippen LogP contribution in [-0.2, 0) is 48.0 Å². The second kappa shape index (κ2) is 19.8. The van der Waals surface area contributed by atoms with Gasteiger partial charge in [-0.3, -0.25) is 34.1 Å². The second-order valence-electron chi connectivity index (χ2n) is 18.8. The number of esters is 1. The maximum Gasteiger partial charge on any atom is 0.324 e. The van der Waals surface area contributed by atoms with Gasteiger partial charge in [-0.05, 0) is 88.3 Å². The zero-order chi connectivity index (χ0) is 46.0. The summed E-state index contributed by atoms with van der Waals surface area (Å²) in [6.07, 6.45) is 7.29. The maximum atomic E-state index is 14.7. The molecule has 8 rings (SSSR count). The van der Waals surface area contributed by atoms with Gasteiger partial charge in [0.1, 0.15) is 18.3 Å². The second-order valence-corrected chi connectivity index (χ2v) is 19.8. The summed E-state index contributed by atoms with van der Waals surface area (Å²) in [4.78, 5) is 69.0. The van der Waals surface area contributed by atoms with Crippen LogP contribution in [0.5, 0.6) is 0 Å². The number of thiazole rings is 1. The molecule has 6 atom stereocenters. The van der Waals surface area contributed by atoms with Crippen molar-refractivity contribution < 1.29 is 33.8 Å². The van der Waals surface area contributed by atoms with Gasteiger partial charge < -0.3 is 29.4 Å². The van der Waals surface area contributed by atoms with E-state index in [1.807, 2.05) is 23.3 Å². The molecule has 7 heterocycles. The smallest absolute Gasteiger partial charge is 0.324 e. The Morgan fingerprint density at radius 3 is 2.74 bits per heavy atom. The van der Waals surface area contributed by atoms with E-state index in [-0.39, 0.29) is 42.8 Å². The van der Waals surface area contributed by atoms with Crippen LogP contribution in [0.15, 0.2) is 54.6 Å². The molecule has 4 aliphatic rings. The average molecular weight is 909 g/mol. The molecule has 1 aromatic carbocycles. The molecule has 3 aromatic heterocycles. The molecule has 3 fully saturated rings. The number of aliphatic hydroxyl groups is 1. The third-order valence-electron chi connectivity index (χ3n) is 13.7. The van der Waals surface area contributed by atoms with Gasteiger partial charge in [-0.25, -0.2) is 10.4 Å². The van der Waals surface area contributed by atoms with Gasteiger partial charge in [-0.1, -0.05) is 39.3 Å². The number of rotatable bonds is 9. The summed E-state index contributed by atoms with van der Waals surface area (Å²) in [5.41, 5.74) is 9.40. The van der Waals surface area contributed by atoms with E-state index in [1.165, 1.54) is 22.4 Å². The first kappa shape index (κ1) is 46.5. The molecule has 15 nitrogen and oxygen atoms in total. The van der Waals surface area contributed by atoms with Crippen molar-refractivity contribution in [3.63, 3.8) is 0 Å². The Morgan fingerprint density at radius 1 is 1.12 bits per heavy atom. The van der Waals surface area contributed by atoms with Gasteiger partial charge in [0.15, 0.2) is 0 Å². The van der Waals surface area contributed by atoms with Gasteiger partial charge in [-0.15, -0.1) is 11.3 Å². The molecule has 4 aliphatic heterocycles. The number of carbonyl (C=O) groups is 4. The lowest BCUT2D eigenvalue weighted by Crippen LogP contribution is -2.62. The minimum atomic E-state index is -1.02. The molecule has 3 saturated heterocycles. The quantitative estimate of drug-likeness (QED) is 0.137. The minimum absolute atomic E-state index is 0.124. The Labute approximate surface area is 385 Å². The number of ether oxygens (including phenoxy) is 2. The first-order valence-corrected chi connectivity index (χ1v) is 24.2. The van der Waals surface area contributed by atoms with Crippen LogP contribution in [0.4, 0.5) is 0 Å². The molecule has 4 aromatic rings. The molecule has 16 heteroatoms. The van der Waals surface area contributed by atoms with E-state index >= 15 is 0 Å². The standard InChI is InChI=1S/C49H64N8O7S/c1-7-42(58)54-23-19-32(27-54)46(60)56-21-11-9-10-16-40(56)45(59)52-37-25-41-51-38(28-65-41)31-17-18-39-34(24-31)35(44(55(39)8-2)33-14-12-20-50-43(33)30(3)63-6)26-49(4,5)29-64-48(62)36-15-13-22-57(53-36)47(37)61/h7,12,14,17-18,20,24,28,30,32,36-37,40,46,53,60H,1,8-11,13,15-16,19,21-23,25-27,29H2,2-6H3,(H,52,59)/t30-,32-,36-,37-,40-,46?/m0/s1. The fourth-order valence-corrected chi connectivity index (χ4v) is 11.0. The molecule has 3 N–H and O–H groups in total. The van der Waals surface area contributed by atoms with Crippen LogP contribution >= 0.6 is 11.3 Å². The minimum Gasteiger partial charge on any atom is -0.464 e. The predicted octanol–water partition coefficient (Wildman–Crippen LogP) is 5.80. The summed E-state index contributed by atoms with van der Waals surface area (Å²) in [6.45, 7) is 14.6. The fraction of sp³-hybridized carbons (Fsp3) is 0.551. The number of methoxy groups -OCH3 is 1. The monoisotopic (exact) mass is 908 g/mol. The van der Waals surface area contributed by atoms with E-state index < -0.39 is 35.7 Å². The number of cyclic esters (lactones) is 1. The molecular weight excluding hydrogens is 845 g/mol. The summed E-state index contributed by atoms with van der Waals surface area (Å²) in [5, 5.41) is 20.1. The fourth-order valence-electron chi connectivity index (χ4n) is 10.2. The van der Waals surface area contributed by atoms with Crippen LogP contribution < -0.4 is 10.7 Å². The van der Waals surface area contributed by atoms with Crippen LogP contribution in [0, 0.1) is 11.3 Å². The topological polar surface area (TPSA) is 171 Å². The van der Waals surface area contributed by atoms with Crippen molar-refractivity contribution >= 4 is 45.9 Å². The number of nitrogens with zero attached hydrogens (tertiary/aromatic N) is 6. The van der Waals surface area contributed by atoms with E-state index in [0.29, 0.717) is 69.8 Å². The highest BCUT2D eigenvalue weighted by molar-refractivity contribution is 7.10. The first-order valence-electron chi connectivity index (χ1n) is 23.3. The highest BCUT2D eigenvalue weighted by Gasteiger charge is 2.41. The number of likely N-dealkylation sites (tertiary alicyclic amines) is 2. The first-order chi connectivity index (χ1) is 31.3. The number of hydrazine groups is 1. The number of hydrogen-bond acceptors (Lipinski definition) is 12. The normalized spacial score (nSPS) is 24.2. The number of benzene rings is 1. The third kappa shape index (κ3) is 9.78. The third-order valence-corrected chi connectivity index (χ3v) is 14.6. The van der Waals surface area contributed by atoms with Crippen molar-refractivity contribution in [2.45, 2.75) is 122 Å². The van der Waals surface area contributed by atoms with Crippen LogP contribution in [0.25, 0.3) is 33.4 Å². The zero-order valence-electron chi connectivity index (χ0n) is 38.4. The molecule has 0 spiro atoms. The van der Waals surface area contributed by atoms with E-state index in [2.05, 4.69) is 66.9 Å². The molecule has 65 heavy (non-hydrogen) atoms. The van der Waals surface area contributed by atoms with E-state index in [9.17, 15) is 24.3 Å². The van der Waals surface area contributed by atoms with E-state index in [0.717, 1.165) is 63.9 Å². The number of pyridine rings is 1. The number of aryl methyl sites for hydroxylation is 1. The van der Waals surface area contributed by atoms with Gasteiger partial charge in [0.25, 0.3) is 5.91 Å². The highest BCUT2D eigenvalue weighted by Crippen LogP contribution is 2.42. The molecule has 0 aliphatic carbocycles. The average Bonchev–Trinajstić information content (AvgIpc) is 4.02. The summed E-state index contributed by atoms with van der Waals surface area (Å²) >= 11 is 1.44. The predicted molar refractivity (Wildman–Crippen MR) is 249 cm³/mol. The van der Waals surface area contributed by atoms with Crippen LogP contribution in [-0.4, -0.2) is 122 Å². The van der Waals surface area contributed by atoms with Crippen LogP contribution in [0.1, 0.15) is 95.0 Å². The van der Waals surface area contributed by atoms with Gasteiger partial charge in [-0.2, -0.15) is 0 Å². The Morgan fingerprint density at radius 2 is 1.95 bits per heavy atom.